The highest BCUT2D eigenvalue weighted by molar-refractivity contribution is 6.29. The van der Waals surface area contributed by atoms with Gasteiger partial charge in [-0.15, -0.1) is 0 Å². The Labute approximate surface area is 150 Å². The molecule has 0 aromatic heterocycles. The van der Waals surface area contributed by atoms with Gasteiger partial charge in [0.1, 0.15) is 0 Å². The van der Waals surface area contributed by atoms with Gasteiger partial charge in [0.25, 0.3) is 0 Å². The Balaban J connectivity index is 2.44. The van der Waals surface area contributed by atoms with E-state index < -0.39 is 0 Å². The van der Waals surface area contributed by atoms with Crippen molar-refractivity contribution in [3.63, 3.8) is 0 Å². The topological polar surface area (TPSA) is 34.1 Å². The van der Waals surface area contributed by atoms with E-state index in [1.54, 1.807) is 12.1 Å². The van der Waals surface area contributed by atoms with E-state index in [0.29, 0.717) is 34.1 Å². The molecule has 0 N–H and O–H groups in total. The molecule has 0 saturated carbocycles. The summed E-state index contributed by atoms with van der Waals surface area (Å²) in [6.45, 7) is 12.9. The van der Waals surface area contributed by atoms with Crippen LogP contribution in [0.5, 0.6) is 0 Å². The van der Waals surface area contributed by atoms with Crippen molar-refractivity contribution in [2.45, 2.75) is 59.3 Å². The van der Waals surface area contributed by atoms with Crippen LogP contribution in [0.1, 0.15) is 108 Å². The first-order chi connectivity index (χ1) is 11.8. The van der Waals surface area contributed by atoms with E-state index in [-0.39, 0.29) is 17.5 Å². The molecular weight excluding hydrogens is 308 g/mol. The minimum atomic E-state index is -0.0238. The molecule has 0 spiro atoms. The van der Waals surface area contributed by atoms with Gasteiger partial charge in [-0.1, -0.05) is 65.8 Å². The molecule has 0 bridgehead atoms. The van der Waals surface area contributed by atoms with E-state index in [0.717, 1.165) is 5.56 Å². The second kappa shape index (κ2) is 6.25. The zero-order valence-electron chi connectivity index (χ0n) is 15.9. The monoisotopic (exact) mass is 334 g/mol. The largest absolute Gasteiger partial charge is 0.289 e. The van der Waals surface area contributed by atoms with Crippen molar-refractivity contribution >= 4 is 11.6 Å². The molecule has 0 heterocycles. The average molecular weight is 334 g/mol. The van der Waals surface area contributed by atoms with Gasteiger partial charge in [0.05, 0.1) is 0 Å². The van der Waals surface area contributed by atoms with Crippen molar-refractivity contribution < 1.29 is 9.59 Å². The van der Waals surface area contributed by atoms with Crippen molar-refractivity contribution in [1.82, 2.24) is 0 Å². The molecule has 0 atom stereocenters. The van der Waals surface area contributed by atoms with E-state index in [2.05, 4.69) is 41.5 Å². The average Bonchev–Trinajstić information content (AvgIpc) is 2.57. The molecule has 0 unspecified atom stereocenters. The lowest BCUT2D eigenvalue weighted by Crippen LogP contribution is -2.25. The maximum Gasteiger partial charge on any atom is 0.194 e. The van der Waals surface area contributed by atoms with Crippen LogP contribution in [0.3, 0.4) is 0 Å². The number of hydrogen-bond donors (Lipinski definition) is 0. The highest BCUT2D eigenvalue weighted by Gasteiger charge is 2.35. The Morgan fingerprint density at radius 3 is 1.64 bits per heavy atom. The fourth-order valence-corrected chi connectivity index (χ4v) is 4.04. The lowest BCUT2D eigenvalue weighted by Gasteiger charge is -2.29. The number of rotatable bonds is 3. The molecule has 0 saturated heterocycles. The van der Waals surface area contributed by atoms with Gasteiger partial charge in [0.2, 0.25) is 0 Å². The van der Waals surface area contributed by atoms with Crippen LogP contribution in [-0.2, 0) is 0 Å². The van der Waals surface area contributed by atoms with Gasteiger partial charge in [-0.3, -0.25) is 9.59 Å². The van der Waals surface area contributed by atoms with Gasteiger partial charge in [0.15, 0.2) is 11.6 Å². The molecule has 3 rings (SSSR count). The quantitative estimate of drug-likeness (QED) is 0.603. The molecule has 130 valence electrons. The maximum absolute atomic E-state index is 13.3. The van der Waals surface area contributed by atoms with E-state index in [1.165, 1.54) is 11.1 Å². The fraction of sp³-hybridized carbons (Fsp3) is 0.391. The third-order valence-corrected chi connectivity index (χ3v) is 5.10. The lowest BCUT2D eigenvalue weighted by molar-refractivity contribution is 0.0978. The Bertz CT molecular complexity index is 870. The maximum atomic E-state index is 13.3. The van der Waals surface area contributed by atoms with Crippen LogP contribution in [0.4, 0.5) is 0 Å². The molecule has 0 fully saturated rings. The number of benzene rings is 2. The van der Waals surface area contributed by atoms with Gasteiger partial charge in [0, 0.05) is 22.3 Å². The van der Waals surface area contributed by atoms with Crippen molar-refractivity contribution in [2.24, 2.45) is 0 Å². The van der Waals surface area contributed by atoms with E-state index in [9.17, 15) is 9.59 Å². The summed E-state index contributed by atoms with van der Waals surface area (Å²) in [5.41, 5.74) is 5.77. The smallest absolute Gasteiger partial charge is 0.194 e. The van der Waals surface area contributed by atoms with Crippen LogP contribution in [0, 0.1) is 0 Å². The summed E-state index contributed by atoms with van der Waals surface area (Å²) in [5.74, 6) is 0.766. The summed E-state index contributed by atoms with van der Waals surface area (Å²) in [4.78, 5) is 26.4. The third-order valence-electron chi connectivity index (χ3n) is 5.10. The number of carbonyl (C=O) groups excluding carboxylic acids is 2. The van der Waals surface area contributed by atoms with E-state index in [4.69, 9.17) is 0 Å². The summed E-state index contributed by atoms with van der Waals surface area (Å²) < 4.78 is 0. The number of carbonyl (C=O) groups is 2. The van der Waals surface area contributed by atoms with Crippen LogP contribution in [0.25, 0.3) is 0 Å². The predicted octanol–water partition coefficient (Wildman–Crippen LogP) is 5.83. The minimum absolute atomic E-state index is 0.00824. The van der Waals surface area contributed by atoms with Gasteiger partial charge in [-0.25, -0.2) is 0 Å². The number of hydrogen-bond acceptors (Lipinski definition) is 2. The summed E-state index contributed by atoms with van der Waals surface area (Å²) in [5, 5.41) is 0. The first kappa shape index (κ1) is 17.6. The zero-order valence-corrected chi connectivity index (χ0v) is 15.9. The summed E-state index contributed by atoms with van der Waals surface area (Å²) in [6.07, 6.45) is 0. The van der Waals surface area contributed by atoms with Gasteiger partial charge >= 0.3 is 0 Å². The Kier molecular flexibility index (Phi) is 4.40. The van der Waals surface area contributed by atoms with Crippen LogP contribution in [0.2, 0.25) is 0 Å². The van der Waals surface area contributed by atoms with Crippen LogP contribution >= 0.6 is 0 Å². The molecule has 1 aliphatic rings. The van der Waals surface area contributed by atoms with Crippen molar-refractivity contribution in [3.8, 4) is 0 Å². The Morgan fingerprint density at radius 2 is 1.16 bits per heavy atom. The molecule has 2 nitrogen and oxygen atoms in total. The second-order valence-electron chi connectivity index (χ2n) is 7.88. The Hall–Kier alpha value is -2.22. The molecular formula is C23H26O2. The normalized spacial score (nSPS) is 13.6. The molecule has 2 aromatic rings. The SMILES string of the molecule is CC(C)c1cc2c(c(C(C)C)c1C(C)C)C(=O)c1ccccc1C2=O. The standard InChI is InChI=1S/C23H26O2/c1-12(2)17-11-18-21(20(14(5)6)19(17)13(3)4)23(25)16-10-8-7-9-15(16)22(18)24/h7-14H,1-6H3. The second-order valence-corrected chi connectivity index (χ2v) is 7.88. The predicted molar refractivity (Wildman–Crippen MR) is 102 cm³/mol. The molecule has 1 aliphatic carbocycles. The van der Waals surface area contributed by atoms with Gasteiger partial charge in [-0.05, 0) is 40.5 Å². The first-order valence-electron chi connectivity index (χ1n) is 9.14. The Morgan fingerprint density at radius 1 is 0.640 bits per heavy atom. The highest BCUT2D eigenvalue weighted by Crippen LogP contribution is 2.41. The molecule has 2 heteroatoms. The summed E-state index contributed by atoms with van der Waals surface area (Å²) >= 11 is 0. The van der Waals surface area contributed by atoms with Crippen LogP contribution in [-0.4, -0.2) is 11.6 Å². The summed E-state index contributed by atoms with van der Waals surface area (Å²) in [6, 6.07) is 9.17. The van der Waals surface area contributed by atoms with Crippen molar-refractivity contribution in [1.29, 1.82) is 0 Å². The van der Waals surface area contributed by atoms with Crippen molar-refractivity contribution in [3.05, 3.63) is 69.3 Å². The highest BCUT2D eigenvalue weighted by atomic mass is 16.1. The first-order valence-corrected chi connectivity index (χ1v) is 9.14. The van der Waals surface area contributed by atoms with E-state index in [1.807, 2.05) is 18.2 Å². The molecule has 2 aromatic carbocycles. The van der Waals surface area contributed by atoms with Gasteiger partial charge < -0.3 is 0 Å². The fourth-order valence-electron chi connectivity index (χ4n) is 4.04. The number of ketones is 2. The minimum Gasteiger partial charge on any atom is -0.289 e. The number of fused-ring (bicyclic) bond motifs is 2. The lowest BCUT2D eigenvalue weighted by atomic mass is 9.73. The van der Waals surface area contributed by atoms with E-state index >= 15 is 0 Å². The molecule has 0 amide bonds. The van der Waals surface area contributed by atoms with Gasteiger partial charge in [-0.2, -0.15) is 0 Å². The third kappa shape index (κ3) is 2.64. The van der Waals surface area contributed by atoms with Crippen LogP contribution in [0.15, 0.2) is 30.3 Å². The molecule has 0 aliphatic heterocycles. The summed E-state index contributed by atoms with van der Waals surface area (Å²) in [7, 11) is 0. The van der Waals surface area contributed by atoms with Crippen LogP contribution < -0.4 is 0 Å². The zero-order chi connectivity index (χ0) is 18.5. The van der Waals surface area contributed by atoms with Crippen molar-refractivity contribution in [2.75, 3.05) is 0 Å². The molecule has 0 radical (unpaired) electrons. The molecule has 25 heavy (non-hydrogen) atoms.